The van der Waals surface area contributed by atoms with Gasteiger partial charge in [0, 0.05) is 6.54 Å². The predicted octanol–water partition coefficient (Wildman–Crippen LogP) is 1.37. The monoisotopic (exact) mass is 239 g/mol. The standard InChI is InChI=1S/C12H17NO4/c14-11(15)10-4-3-9(17-10)7-13-8-12(16)5-1-2-6-12/h3-4,13,16H,1-2,5-8H2,(H,14,15). The summed E-state index contributed by atoms with van der Waals surface area (Å²) in [5.41, 5.74) is -0.595. The highest BCUT2D eigenvalue weighted by Gasteiger charge is 2.30. The Morgan fingerprint density at radius 1 is 1.41 bits per heavy atom. The highest BCUT2D eigenvalue weighted by molar-refractivity contribution is 5.84. The molecular formula is C12H17NO4. The maximum absolute atomic E-state index is 10.6. The minimum absolute atomic E-state index is 0.0543. The van der Waals surface area contributed by atoms with Crippen LogP contribution < -0.4 is 5.32 Å². The van der Waals surface area contributed by atoms with E-state index in [-0.39, 0.29) is 5.76 Å². The molecule has 1 aromatic heterocycles. The molecule has 2 rings (SSSR count). The topological polar surface area (TPSA) is 82.7 Å². The van der Waals surface area contributed by atoms with E-state index in [9.17, 15) is 9.90 Å². The summed E-state index contributed by atoms with van der Waals surface area (Å²) >= 11 is 0. The number of aliphatic hydroxyl groups is 1. The fourth-order valence-corrected chi connectivity index (χ4v) is 2.22. The highest BCUT2D eigenvalue weighted by atomic mass is 16.4. The van der Waals surface area contributed by atoms with Crippen molar-refractivity contribution >= 4 is 5.97 Å². The van der Waals surface area contributed by atoms with Crippen molar-refractivity contribution < 1.29 is 19.4 Å². The Morgan fingerprint density at radius 2 is 2.12 bits per heavy atom. The fourth-order valence-electron chi connectivity index (χ4n) is 2.22. The molecule has 3 N–H and O–H groups in total. The summed E-state index contributed by atoms with van der Waals surface area (Å²) in [6.45, 7) is 0.964. The van der Waals surface area contributed by atoms with Crippen molar-refractivity contribution in [2.24, 2.45) is 0 Å². The Kier molecular flexibility index (Phi) is 3.49. The average Bonchev–Trinajstić information content (AvgIpc) is 2.88. The van der Waals surface area contributed by atoms with Gasteiger partial charge in [0.1, 0.15) is 5.76 Å². The molecule has 0 aliphatic heterocycles. The second kappa shape index (κ2) is 4.89. The molecule has 5 heteroatoms. The molecule has 1 saturated carbocycles. The minimum atomic E-state index is -1.06. The molecule has 1 aromatic rings. The molecular weight excluding hydrogens is 222 g/mol. The number of hydrogen-bond donors (Lipinski definition) is 3. The Morgan fingerprint density at radius 3 is 2.71 bits per heavy atom. The van der Waals surface area contributed by atoms with E-state index in [1.165, 1.54) is 6.07 Å². The molecule has 0 spiro atoms. The third-order valence-corrected chi connectivity index (χ3v) is 3.16. The van der Waals surface area contributed by atoms with Gasteiger partial charge in [0.15, 0.2) is 0 Å². The normalized spacial score (nSPS) is 18.4. The van der Waals surface area contributed by atoms with E-state index < -0.39 is 11.6 Å². The van der Waals surface area contributed by atoms with Crippen molar-refractivity contribution in [2.45, 2.75) is 37.8 Å². The first kappa shape index (κ1) is 12.1. The Balaban J connectivity index is 1.79. The van der Waals surface area contributed by atoms with Crippen LogP contribution in [-0.2, 0) is 6.54 Å². The minimum Gasteiger partial charge on any atom is -0.475 e. The van der Waals surface area contributed by atoms with Crippen LogP contribution in [0.25, 0.3) is 0 Å². The third-order valence-electron chi connectivity index (χ3n) is 3.16. The molecule has 5 nitrogen and oxygen atoms in total. The number of carbonyl (C=O) groups is 1. The molecule has 0 aromatic carbocycles. The summed E-state index contributed by atoms with van der Waals surface area (Å²) < 4.78 is 5.10. The predicted molar refractivity (Wildman–Crippen MR) is 60.8 cm³/mol. The van der Waals surface area contributed by atoms with Gasteiger partial charge in [0.2, 0.25) is 5.76 Å². The van der Waals surface area contributed by atoms with Gasteiger partial charge in [-0.25, -0.2) is 4.79 Å². The Bertz CT molecular complexity index is 393. The van der Waals surface area contributed by atoms with Crippen molar-refractivity contribution in [2.75, 3.05) is 6.54 Å². The van der Waals surface area contributed by atoms with Gasteiger partial charge in [-0.3, -0.25) is 0 Å². The molecule has 1 aliphatic carbocycles. The van der Waals surface area contributed by atoms with Gasteiger partial charge in [0.25, 0.3) is 0 Å². The number of aromatic carboxylic acids is 1. The van der Waals surface area contributed by atoms with E-state index >= 15 is 0 Å². The zero-order valence-electron chi connectivity index (χ0n) is 9.61. The molecule has 0 bridgehead atoms. The lowest BCUT2D eigenvalue weighted by molar-refractivity contribution is 0.0468. The first-order valence-corrected chi connectivity index (χ1v) is 5.84. The Labute approximate surface area is 99.4 Å². The van der Waals surface area contributed by atoms with E-state index in [1.54, 1.807) is 6.07 Å². The van der Waals surface area contributed by atoms with Crippen LogP contribution in [0.5, 0.6) is 0 Å². The van der Waals surface area contributed by atoms with Gasteiger partial charge in [-0.05, 0) is 25.0 Å². The van der Waals surface area contributed by atoms with Crippen LogP contribution in [0, 0.1) is 0 Å². The van der Waals surface area contributed by atoms with Crippen molar-refractivity contribution in [1.82, 2.24) is 5.32 Å². The smallest absolute Gasteiger partial charge is 0.371 e. The van der Waals surface area contributed by atoms with Gasteiger partial charge >= 0.3 is 5.97 Å². The van der Waals surface area contributed by atoms with Crippen LogP contribution >= 0.6 is 0 Å². The second-order valence-corrected chi connectivity index (χ2v) is 4.61. The highest BCUT2D eigenvalue weighted by Crippen LogP contribution is 2.28. The summed E-state index contributed by atoms with van der Waals surface area (Å²) in [5.74, 6) is -0.545. The van der Waals surface area contributed by atoms with Gasteiger partial charge in [-0.2, -0.15) is 0 Å². The number of carboxylic acid groups (broad SMARTS) is 1. The van der Waals surface area contributed by atoms with Crippen molar-refractivity contribution in [3.63, 3.8) is 0 Å². The molecule has 0 radical (unpaired) electrons. The number of hydrogen-bond acceptors (Lipinski definition) is 4. The number of furan rings is 1. The zero-order chi connectivity index (χ0) is 12.3. The molecule has 1 aliphatic rings. The van der Waals surface area contributed by atoms with Gasteiger partial charge in [-0.1, -0.05) is 12.8 Å². The van der Waals surface area contributed by atoms with Crippen LogP contribution in [0.3, 0.4) is 0 Å². The van der Waals surface area contributed by atoms with Crippen LogP contribution in [-0.4, -0.2) is 28.3 Å². The lowest BCUT2D eigenvalue weighted by Crippen LogP contribution is -2.37. The van der Waals surface area contributed by atoms with Gasteiger partial charge in [0.05, 0.1) is 12.1 Å². The lowest BCUT2D eigenvalue weighted by Gasteiger charge is -2.21. The van der Waals surface area contributed by atoms with Crippen molar-refractivity contribution in [3.8, 4) is 0 Å². The maximum Gasteiger partial charge on any atom is 0.371 e. The first-order valence-electron chi connectivity index (χ1n) is 5.84. The van der Waals surface area contributed by atoms with Crippen LogP contribution in [0.2, 0.25) is 0 Å². The van der Waals surface area contributed by atoms with Gasteiger partial charge in [-0.15, -0.1) is 0 Å². The average molecular weight is 239 g/mol. The molecule has 0 saturated heterocycles. The van der Waals surface area contributed by atoms with E-state index in [0.29, 0.717) is 18.8 Å². The zero-order valence-corrected chi connectivity index (χ0v) is 9.61. The molecule has 94 valence electrons. The van der Waals surface area contributed by atoms with E-state index in [2.05, 4.69) is 5.32 Å². The van der Waals surface area contributed by atoms with Gasteiger partial charge < -0.3 is 19.9 Å². The molecule has 0 atom stereocenters. The first-order chi connectivity index (χ1) is 8.09. The van der Waals surface area contributed by atoms with Crippen LogP contribution in [0.4, 0.5) is 0 Å². The van der Waals surface area contributed by atoms with Crippen molar-refractivity contribution in [1.29, 1.82) is 0 Å². The third kappa shape index (κ3) is 3.08. The van der Waals surface area contributed by atoms with Crippen LogP contribution in [0.15, 0.2) is 16.5 Å². The maximum atomic E-state index is 10.6. The molecule has 1 fully saturated rings. The van der Waals surface area contributed by atoms with E-state index in [1.807, 2.05) is 0 Å². The number of rotatable bonds is 5. The molecule has 17 heavy (non-hydrogen) atoms. The summed E-state index contributed by atoms with van der Waals surface area (Å²) in [4.78, 5) is 10.6. The number of carboxylic acids is 1. The number of nitrogens with one attached hydrogen (secondary N) is 1. The van der Waals surface area contributed by atoms with Crippen LogP contribution in [0.1, 0.15) is 42.0 Å². The van der Waals surface area contributed by atoms with Crippen molar-refractivity contribution in [3.05, 3.63) is 23.7 Å². The lowest BCUT2D eigenvalue weighted by atomic mass is 10.0. The molecule has 0 unspecified atom stereocenters. The quantitative estimate of drug-likeness (QED) is 0.723. The SMILES string of the molecule is O=C(O)c1ccc(CNCC2(O)CCCC2)o1. The van der Waals surface area contributed by atoms with E-state index in [0.717, 1.165) is 25.7 Å². The summed E-state index contributed by atoms with van der Waals surface area (Å²) in [6, 6.07) is 3.07. The summed E-state index contributed by atoms with van der Waals surface area (Å²) in [6.07, 6.45) is 3.81. The largest absolute Gasteiger partial charge is 0.475 e. The summed E-state index contributed by atoms with van der Waals surface area (Å²) in [5, 5.41) is 21.9. The van der Waals surface area contributed by atoms with E-state index in [4.69, 9.17) is 9.52 Å². The molecule has 0 amide bonds. The molecule has 1 heterocycles. The fraction of sp³-hybridized carbons (Fsp3) is 0.583. The summed E-state index contributed by atoms with van der Waals surface area (Å²) in [7, 11) is 0. The second-order valence-electron chi connectivity index (χ2n) is 4.61. The Hall–Kier alpha value is -1.33.